The molecular formula is C23H25N3O4. The number of carbonyl (C=O) groups excluding carboxylic acids is 1. The van der Waals surface area contributed by atoms with E-state index < -0.39 is 0 Å². The smallest absolute Gasteiger partial charge is 0.273 e. The minimum absolute atomic E-state index is 0.00782. The zero-order valence-corrected chi connectivity index (χ0v) is 16.9. The van der Waals surface area contributed by atoms with Crippen LogP contribution >= 0.6 is 0 Å². The molecule has 1 atom stereocenters. The molecule has 1 fully saturated rings. The lowest BCUT2D eigenvalue weighted by atomic mass is 10.0. The Hall–Kier alpha value is -3.16. The standard InChI is InChI=1S/C23H25N3O4/c1-28-19-9-5-8-18(14-19)21(26-10-12-29-13-11-26)16-24-23(27)20-15-22(30-25-20)17-6-3-2-4-7-17/h2-9,14-15,21H,10-13,16H2,1H3,(H,24,27). The van der Waals surface area contributed by atoms with Crippen molar-refractivity contribution in [1.82, 2.24) is 15.4 Å². The maximum Gasteiger partial charge on any atom is 0.273 e. The Morgan fingerprint density at radius 2 is 1.93 bits per heavy atom. The molecule has 1 aliphatic heterocycles. The van der Waals surface area contributed by atoms with Gasteiger partial charge in [0.15, 0.2) is 11.5 Å². The second-order valence-corrected chi connectivity index (χ2v) is 7.09. The van der Waals surface area contributed by atoms with Crippen LogP contribution < -0.4 is 10.1 Å². The number of aromatic nitrogens is 1. The summed E-state index contributed by atoms with van der Waals surface area (Å²) in [5, 5.41) is 6.95. The van der Waals surface area contributed by atoms with Crippen molar-refractivity contribution in [2.24, 2.45) is 0 Å². The Labute approximate surface area is 175 Å². The maximum absolute atomic E-state index is 12.7. The normalized spacial score (nSPS) is 15.5. The van der Waals surface area contributed by atoms with E-state index in [0.29, 0.717) is 25.5 Å². The van der Waals surface area contributed by atoms with Crippen LogP contribution in [0.25, 0.3) is 11.3 Å². The van der Waals surface area contributed by atoms with Gasteiger partial charge in [-0.15, -0.1) is 0 Å². The molecule has 0 bridgehead atoms. The van der Waals surface area contributed by atoms with Crippen LogP contribution in [0.15, 0.2) is 65.2 Å². The maximum atomic E-state index is 12.7. The molecule has 3 aromatic rings. The Bertz CT molecular complexity index is 967. The zero-order chi connectivity index (χ0) is 20.8. The van der Waals surface area contributed by atoms with Crippen LogP contribution in [-0.4, -0.2) is 55.9 Å². The van der Waals surface area contributed by atoms with Gasteiger partial charge in [-0.3, -0.25) is 9.69 Å². The second-order valence-electron chi connectivity index (χ2n) is 7.09. The summed E-state index contributed by atoms with van der Waals surface area (Å²) in [6.45, 7) is 3.41. The fourth-order valence-electron chi connectivity index (χ4n) is 3.60. The van der Waals surface area contributed by atoms with Gasteiger partial charge >= 0.3 is 0 Å². The lowest BCUT2D eigenvalue weighted by Gasteiger charge is -2.35. The lowest BCUT2D eigenvalue weighted by Crippen LogP contribution is -2.43. The van der Waals surface area contributed by atoms with Crippen molar-refractivity contribution >= 4 is 5.91 Å². The van der Waals surface area contributed by atoms with E-state index in [2.05, 4.69) is 21.4 Å². The third kappa shape index (κ3) is 4.69. The lowest BCUT2D eigenvalue weighted by molar-refractivity contribution is 0.0162. The molecule has 2 aromatic carbocycles. The highest BCUT2D eigenvalue weighted by Gasteiger charge is 2.24. The Kier molecular flexibility index (Phi) is 6.41. The number of hydrogen-bond donors (Lipinski definition) is 1. The first-order chi connectivity index (χ1) is 14.7. The van der Waals surface area contributed by atoms with Crippen molar-refractivity contribution in [3.8, 4) is 17.1 Å². The summed E-state index contributed by atoms with van der Waals surface area (Å²) in [4.78, 5) is 15.0. The molecule has 156 valence electrons. The summed E-state index contributed by atoms with van der Waals surface area (Å²) in [7, 11) is 1.65. The quantitative estimate of drug-likeness (QED) is 0.648. The SMILES string of the molecule is COc1cccc(C(CNC(=O)c2cc(-c3ccccc3)on2)N2CCOCC2)c1. The molecule has 2 heterocycles. The Morgan fingerprint density at radius 3 is 2.70 bits per heavy atom. The summed E-state index contributed by atoms with van der Waals surface area (Å²) < 4.78 is 16.2. The van der Waals surface area contributed by atoms with E-state index in [-0.39, 0.29) is 17.6 Å². The van der Waals surface area contributed by atoms with E-state index in [4.69, 9.17) is 14.0 Å². The van der Waals surface area contributed by atoms with Gasteiger partial charge in [0.05, 0.1) is 26.4 Å². The first kappa shape index (κ1) is 20.1. The number of carbonyl (C=O) groups is 1. The number of hydrogen-bond acceptors (Lipinski definition) is 6. The van der Waals surface area contributed by atoms with Crippen LogP contribution in [0.5, 0.6) is 5.75 Å². The van der Waals surface area contributed by atoms with Crippen molar-refractivity contribution in [2.75, 3.05) is 40.0 Å². The molecule has 0 aliphatic carbocycles. The second kappa shape index (κ2) is 9.56. The predicted octanol–water partition coefficient (Wildman–Crippen LogP) is 3.15. The molecule has 30 heavy (non-hydrogen) atoms. The molecule has 1 amide bonds. The highest BCUT2D eigenvalue weighted by molar-refractivity contribution is 5.93. The number of nitrogens with zero attached hydrogens (tertiary/aromatic N) is 2. The van der Waals surface area contributed by atoms with Gasteiger partial charge in [-0.05, 0) is 17.7 Å². The highest BCUT2D eigenvalue weighted by Crippen LogP contribution is 2.25. The van der Waals surface area contributed by atoms with Crippen molar-refractivity contribution < 1.29 is 18.8 Å². The van der Waals surface area contributed by atoms with Crippen molar-refractivity contribution in [3.63, 3.8) is 0 Å². The molecule has 7 nitrogen and oxygen atoms in total. The van der Waals surface area contributed by atoms with E-state index >= 15 is 0 Å². The largest absolute Gasteiger partial charge is 0.497 e. The summed E-state index contributed by atoms with van der Waals surface area (Å²) in [6.07, 6.45) is 0. The summed E-state index contributed by atoms with van der Waals surface area (Å²) >= 11 is 0. The fraction of sp³-hybridized carbons (Fsp3) is 0.304. The molecule has 1 aromatic heterocycles. The molecule has 1 aliphatic rings. The van der Waals surface area contributed by atoms with Gasteiger partial charge in [0, 0.05) is 31.3 Å². The monoisotopic (exact) mass is 407 g/mol. The minimum Gasteiger partial charge on any atom is -0.497 e. The summed E-state index contributed by atoms with van der Waals surface area (Å²) in [5.41, 5.74) is 2.23. The van der Waals surface area contributed by atoms with Crippen molar-refractivity contribution in [1.29, 1.82) is 0 Å². The number of benzene rings is 2. The van der Waals surface area contributed by atoms with Crippen LogP contribution in [0, 0.1) is 0 Å². The van der Waals surface area contributed by atoms with E-state index in [9.17, 15) is 4.79 Å². The van der Waals surface area contributed by atoms with Crippen molar-refractivity contribution in [3.05, 3.63) is 71.9 Å². The third-order valence-corrected chi connectivity index (χ3v) is 5.22. The average molecular weight is 407 g/mol. The molecule has 0 radical (unpaired) electrons. The molecule has 4 rings (SSSR count). The Morgan fingerprint density at radius 1 is 1.13 bits per heavy atom. The highest BCUT2D eigenvalue weighted by atomic mass is 16.5. The van der Waals surface area contributed by atoms with E-state index in [1.807, 2.05) is 48.5 Å². The number of nitrogens with one attached hydrogen (secondary N) is 1. The minimum atomic E-state index is -0.262. The van der Waals surface area contributed by atoms with E-state index in [1.165, 1.54) is 0 Å². The number of rotatable bonds is 7. The first-order valence-corrected chi connectivity index (χ1v) is 10.0. The van der Waals surface area contributed by atoms with Gasteiger partial charge in [0.1, 0.15) is 5.75 Å². The molecule has 0 spiro atoms. The first-order valence-electron chi connectivity index (χ1n) is 10.0. The molecular weight excluding hydrogens is 382 g/mol. The Balaban J connectivity index is 1.48. The molecule has 1 unspecified atom stereocenters. The number of ether oxygens (including phenoxy) is 2. The average Bonchev–Trinajstić information content (AvgIpc) is 3.31. The van der Waals surface area contributed by atoms with E-state index in [0.717, 1.165) is 30.0 Å². The molecule has 7 heteroatoms. The van der Waals surface area contributed by atoms with Gasteiger partial charge in [-0.1, -0.05) is 47.6 Å². The third-order valence-electron chi connectivity index (χ3n) is 5.22. The van der Waals surface area contributed by atoms with Crippen LogP contribution in [0.2, 0.25) is 0 Å². The van der Waals surface area contributed by atoms with Crippen LogP contribution in [0.1, 0.15) is 22.1 Å². The summed E-state index contributed by atoms with van der Waals surface area (Å²) in [5.74, 6) is 1.10. The van der Waals surface area contributed by atoms with Gasteiger partial charge in [-0.2, -0.15) is 0 Å². The van der Waals surface area contributed by atoms with Gasteiger partial charge < -0.3 is 19.3 Å². The molecule has 0 saturated carbocycles. The van der Waals surface area contributed by atoms with Gasteiger partial charge in [0.2, 0.25) is 0 Å². The number of methoxy groups -OCH3 is 1. The number of amides is 1. The van der Waals surface area contributed by atoms with E-state index in [1.54, 1.807) is 13.2 Å². The summed E-state index contributed by atoms with van der Waals surface area (Å²) in [6, 6.07) is 19.2. The van der Waals surface area contributed by atoms with Crippen LogP contribution in [-0.2, 0) is 4.74 Å². The number of morpholine rings is 1. The van der Waals surface area contributed by atoms with Crippen molar-refractivity contribution in [2.45, 2.75) is 6.04 Å². The van der Waals surface area contributed by atoms with Gasteiger partial charge in [-0.25, -0.2) is 0 Å². The fourth-order valence-corrected chi connectivity index (χ4v) is 3.60. The van der Waals surface area contributed by atoms with Crippen LogP contribution in [0.4, 0.5) is 0 Å². The predicted molar refractivity (Wildman–Crippen MR) is 112 cm³/mol. The van der Waals surface area contributed by atoms with Crippen LogP contribution in [0.3, 0.4) is 0 Å². The topological polar surface area (TPSA) is 76.8 Å². The van der Waals surface area contributed by atoms with Gasteiger partial charge in [0.25, 0.3) is 5.91 Å². The molecule has 1 saturated heterocycles. The molecule has 1 N–H and O–H groups in total. The zero-order valence-electron chi connectivity index (χ0n) is 16.9.